The third-order valence-corrected chi connectivity index (χ3v) is 3.27. The van der Waals surface area contributed by atoms with Crippen LogP contribution in [0.25, 0.3) is 0 Å². The van der Waals surface area contributed by atoms with E-state index in [1.165, 1.54) is 38.5 Å². The first kappa shape index (κ1) is 10.0. The van der Waals surface area contributed by atoms with Crippen molar-refractivity contribution < 1.29 is 5.11 Å². The van der Waals surface area contributed by atoms with Crippen molar-refractivity contribution in [2.45, 2.75) is 58.5 Å². The molecule has 1 atom stereocenters. The average Bonchev–Trinajstić information content (AvgIpc) is 2.06. The zero-order chi connectivity index (χ0) is 8.97. The maximum Gasteiger partial charge on any atom is 0.0540 e. The highest BCUT2D eigenvalue weighted by Gasteiger charge is 2.23. The van der Waals surface area contributed by atoms with Gasteiger partial charge in [-0.05, 0) is 31.6 Å². The molecule has 0 aromatic carbocycles. The van der Waals surface area contributed by atoms with Crippen LogP contribution in [0.3, 0.4) is 0 Å². The minimum atomic E-state index is -0.0763. The number of rotatable bonds is 3. The number of aliphatic hydroxyl groups excluding tert-OH is 1. The first-order chi connectivity index (χ1) is 5.74. The van der Waals surface area contributed by atoms with Crippen molar-refractivity contribution >= 4 is 0 Å². The van der Waals surface area contributed by atoms with E-state index < -0.39 is 0 Å². The molecule has 1 fully saturated rings. The van der Waals surface area contributed by atoms with Gasteiger partial charge in [0.2, 0.25) is 0 Å². The van der Waals surface area contributed by atoms with Crippen molar-refractivity contribution in [1.82, 2.24) is 0 Å². The molecular formula is C11H22O. The van der Waals surface area contributed by atoms with Gasteiger partial charge in [-0.1, -0.05) is 32.6 Å². The summed E-state index contributed by atoms with van der Waals surface area (Å²) in [6.07, 6.45) is 7.85. The average molecular weight is 170 g/mol. The summed E-state index contributed by atoms with van der Waals surface area (Å²) in [6.45, 7) is 4.20. The minimum Gasteiger partial charge on any atom is -0.393 e. The van der Waals surface area contributed by atoms with E-state index in [2.05, 4.69) is 6.92 Å². The summed E-state index contributed by atoms with van der Waals surface area (Å²) in [5.41, 5.74) is 0. The van der Waals surface area contributed by atoms with Crippen molar-refractivity contribution in [1.29, 1.82) is 0 Å². The predicted octanol–water partition coefficient (Wildman–Crippen LogP) is 2.97. The smallest absolute Gasteiger partial charge is 0.0540 e. The summed E-state index contributed by atoms with van der Waals surface area (Å²) in [4.78, 5) is 0. The second-order valence-corrected chi connectivity index (χ2v) is 4.31. The maximum absolute atomic E-state index is 9.39. The highest BCUT2D eigenvalue weighted by Crippen LogP contribution is 2.32. The molecule has 0 heterocycles. The SMILES string of the molecule is CCCC1CCC(C(C)O)CC1. The minimum absolute atomic E-state index is 0.0763. The predicted molar refractivity (Wildman–Crippen MR) is 52.0 cm³/mol. The van der Waals surface area contributed by atoms with Crippen molar-refractivity contribution in [3.05, 3.63) is 0 Å². The van der Waals surface area contributed by atoms with Gasteiger partial charge in [0.05, 0.1) is 6.10 Å². The van der Waals surface area contributed by atoms with Gasteiger partial charge in [0.25, 0.3) is 0 Å². The fourth-order valence-electron chi connectivity index (χ4n) is 2.37. The summed E-state index contributed by atoms with van der Waals surface area (Å²) in [7, 11) is 0. The van der Waals surface area contributed by atoms with Crippen LogP contribution < -0.4 is 0 Å². The van der Waals surface area contributed by atoms with E-state index in [1.54, 1.807) is 0 Å². The van der Waals surface area contributed by atoms with Crippen LogP contribution in [0.15, 0.2) is 0 Å². The Hall–Kier alpha value is -0.0400. The molecule has 1 rings (SSSR count). The Morgan fingerprint density at radius 3 is 2.25 bits per heavy atom. The van der Waals surface area contributed by atoms with E-state index in [9.17, 15) is 5.11 Å². The fraction of sp³-hybridized carbons (Fsp3) is 1.00. The molecule has 1 aliphatic carbocycles. The van der Waals surface area contributed by atoms with Crippen LogP contribution in [0.1, 0.15) is 52.4 Å². The molecule has 0 aromatic heterocycles. The van der Waals surface area contributed by atoms with Crippen LogP contribution in [-0.2, 0) is 0 Å². The van der Waals surface area contributed by atoms with Gasteiger partial charge >= 0.3 is 0 Å². The van der Waals surface area contributed by atoms with Crippen LogP contribution in [-0.4, -0.2) is 11.2 Å². The zero-order valence-corrected chi connectivity index (χ0v) is 8.42. The first-order valence-corrected chi connectivity index (χ1v) is 5.42. The van der Waals surface area contributed by atoms with Crippen molar-refractivity contribution in [3.63, 3.8) is 0 Å². The van der Waals surface area contributed by atoms with Gasteiger partial charge in [-0.3, -0.25) is 0 Å². The Labute approximate surface area is 76.2 Å². The quantitative estimate of drug-likeness (QED) is 0.690. The fourth-order valence-corrected chi connectivity index (χ4v) is 2.37. The van der Waals surface area contributed by atoms with Gasteiger partial charge in [0.1, 0.15) is 0 Å². The lowest BCUT2D eigenvalue weighted by Crippen LogP contribution is -2.23. The van der Waals surface area contributed by atoms with Crippen molar-refractivity contribution in [2.75, 3.05) is 0 Å². The van der Waals surface area contributed by atoms with Crippen molar-refractivity contribution in [2.24, 2.45) is 11.8 Å². The molecule has 1 unspecified atom stereocenters. The molecule has 0 aliphatic heterocycles. The molecule has 1 heteroatoms. The lowest BCUT2D eigenvalue weighted by molar-refractivity contribution is 0.0872. The number of hydrogen-bond acceptors (Lipinski definition) is 1. The molecule has 1 aliphatic rings. The maximum atomic E-state index is 9.39. The highest BCUT2D eigenvalue weighted by atomic mass is 16.3. The summed E-state index contributed by atoms with van der Waals surface area (Å²) in [6, 6.07) is 0. The molecule has 1 nitrogen and oxygen atoms in total. The molecule has 1 N–H and O–H groups in total. The first-order valence-electron chi connectivity index (χ1n) is 5.42. The van der Waals surface area contributed by atoms with Crippen LogP contribution >= 0.6 is 0 Å². The molecule has 72 valence electrons. The van der Waals surface area contributed by atoms with E-state index in [0.717, 1.165) is 5.92 Å². The monoisotopic (exact) mass is 170 g/mol. The third kappa shape index (κ3) is 2.78. The largest absolute Gasteiger partial charge is 0.393 e. The third-order valence-electron chi connectivity index (χ3n) is 3.27. The Morgan fingerprint density at radius 1 is 1.25 bits per heavy atom. The second-order valence-electron chi connectivity index (χ2n) is 4.31. The zero-order valence-electron chi connectivity index (χ0n) is 8.42. The van der Waals surface area contributed by atoms with Gasteiger partial charge in [0.15, 0.2) is 0 Å². The van der Waals surface area contributed by atoms with Gasteiger partial charge in [-0.2, -0.15) is 0 Å². The Balaban J connectivity index is 2.20. The van der Waals surface area contributed by atoms with Gasteiger partial charge in [0, 0.05) is 0 Å². The summed E-state index contributed by atoms with van der Waals surface area (Å²) >= 11 is 0. The normalized spacial score (nSPS) is 33.2. The van der Waals surface area contributed by atoms with E-state index in [-0.39, 0.29) is 6.10 Å². The van der Waals surface area contributed by atoms with Gasteiger partial charge < -0.3 is 5.11 Å². The number of hydrogen-bond donors (Lipinski definition) is 1. The highest BCUT2D eigenvalue weighted by molar-refractivity contribution is 4.75. The topological polar surface area (TPSA) is 20.2 Å². The van der Waals surface area contributed by atoms with Crippen LogP contribution in [0.5, 0.6) is 0 Å². The van der Waals surface area contributed by atoms with E-state index >= 15 is 0 Å². The molecule has 12 heavy (non-hydrogen) atoms. The lowest BCUT2D eigenvalue weighted by atomic mass is 9.78. The van der Waals surface area contributed by atoms with Crippen molar-refractivity contribution in [3.8, 4) is 0 Å². The molecule has 0 saturated heterocycles. The molecule has 1 saturated carbocycles. The lowest BCUT2D eigenvalue weighted by Gasteiger charge is -2.29. The Bertz CT molecular complexity index is 112. The van der Waals surface area contributed by atoms with Crippen LogP contribution in [0.4, 0.5) is 0 Å². The summed E-state index contributed by atoms with van der Waals surface area (Å²) in [5.74, 6) is 1.56. The molecule has 0 spiro atoms. The van der Waals surface area contributed by atoms with E-state index in [0.29, 0.717) is 5.92 Å². The molecule has 0 aromatic rings. The standard InChI is InChI=1S/C11H22O/c1-3-4-10-5-7-11(8-6-10)9(2)12/h9-12H,3-8H2,1-2H3. The van der Waals surface area contributed by atoms with E-state index in [1.807, 2.05) is 6.92 Å². The molecular weight excluding hydrogens is 148 g/mol. The van der Waals surface area contributed by atoms with Gasteiger partial charge in [-0.15, -0.1) is 0 Å². The second kappa shape index (κ2) is 4.86. The van der Waals surface area contributed by atoms with Crippen LogP contribution in [0, 0.1) is 11.8 Å². The molecule has 0 amide bonds. The van der Waals surface area contributed by atoms with E-state index in [4.69, 9.17) is 0 Å². The number of aliphatic hydroxyl groups is 1. The Kier molecular flexibility index (Phi) is 4.07. The summed E-state index contributed by atoms with van der Waals surface area (Å²) in [5, 5.41) is 9.39. The Morgan fingerprint density at radius 2 is 1.83 bits per heavy atom. The van der Waals surface area contributed by atoms with Crippen LogP contribution in [0.2, 0.25) is 0 Å². The summed E-state index contributed by atoms with van der Waals surface area (Å²) < 4.78 is 0. The molecule has 0 radical (unpaired) electrons. The molecule has 0 bridgehead atoms. The van der Waals surface area contributed by atoms with Gasteiger partial charge in [-0.25, -0.2) is 0 Å².